The van der Waals surface area contributed by atoms with Gasteiger partial charge in [-0.05, 0) is 30.4 Å². The highest BCUT2D eigenvalue weighted by atomic mass is 19.4. The van der Waals surface area contributed by atoms with Gasteiger partial charge in [-0.1, -0.05) is 19.9 Å². The highest BCUT2D eigenvalue weighted by Gasteiger charge is 2.32. The van der Waals surface area contributed by atoms with E-state index in [0.717, 1.165) is 6.42 Å². The predicted molar refractivity (Wildman–Crippen MR) is 47.4 cm³/mol. The molecule has 1 unspecified atom stereocenters. The van der Waals surface area contributed by atoms with Gasteiger partial charge in [-0.25, -0.2) is 0 Å². The molecule has 80 valence electrons. The molecule has 14 heavy (non-hydrogen) atoms. The second-order valence-electron chi connectivity index (χ2n) is 3.70. The van der Waals surface area contributed by atoms with Crippen LogP contribution >= 0.6 is 0 Å². The standard InChI is InChI=1S/C10H13F3O/c1-3-9(2)6-4-8(5-7-9)14-10(11,12)13/h4-6H,3,7H2,1-2H3. The summed E-state index contributed by atoms with van der Waals surface area (Å²) in [5.41, 5.74) is -0.0293. The van der Waals surface area contributed by atoms with Gasteiger partial charge in [0.15, 0.2) is 0 Å². The van der Waals surface area contributed by atoms with Gasteiger partial charge in [0.05, 0.1) is 0 Å². The molecule has 0 fully saturated rings. The monoisotopic (exact) mass is 206 g/mol. The Morgan fingerprint density at radius 3 is 2.50 bits per heavy atom. The van der Waals surface area contributed by atoms with E-state index in [4.69, 9.17) is 0 Å². The lowest BCUT2D eigenvalue weighted by Gasteiger charge is -2.26. The average Bonchev–Trinajstić information content (AvgIpc) is 2.07. The Morgan fingerprint density at radius 1 is 1.50 bits per heavy atom. The topological polar surface area (TPSA) is 9.23 Å². The number of hydrogen-bond acceptors (Lipinski definition) is 1. The van der Waals surface area contributed by atoms with E-state index in [0.29, 0.717) is 6.42 Å². The van der Waals surface area contributed by atoms with Crippen LogP contribution in [0.4, 0.5) is 13.2 Å². The maximum absolute atomic E-state index is 11.8. The molecule has 1 rings (SSSR count). The van der Waals surface area contributed by atoms with Crippen molar-refractivity contribution in [3.63, 3.8) is 0 Å². The van der Waals surface area contributed by atoms with Crippen LogP contribution in [-0.4, -0.2) is 6.36 Å². The van der Waals surface area contributed by atoms with Crippen molar-refractivity contribution in [2.45, 2.75) is 33.1 Å². The van der Waals surface area contributed by atoms with E-state index < -0.39 is 6.36 Å². The molecular weight excluding hydrogens is 193 g/mol. The lowest BCUT2D eigenvalue weighted by Crippen LogP contribution is -2.17. The van der Waals surface area contributed by atoms with Crippen LogP contribution in [0.1, 0.15) is 26.7 Å². The zero-order chi connectivity index (χ0) is 10.8. The quantitative estimate of drug-likeness (QED) is 0.668. The SMILES string of the molecule is CCC1(C)C=CC(OC(F)(F)F)=CC1. The van der Waals surface area contributed by atoms with Crippen molar-refractivity contribution in [2.24, 2.45) is 5.41 Å². The van der Waals surface area contributed by atoms with E-state index in [1.54, 1.807) is 6.08 Å². The number of rotatable bonds is 2. The fourth-order valence-corrected chi connectivity index (χ4v) is 1.22. The molecule has 4 heteroatoms. The first-order valence-corrected chi connectivity index (χ1v) is 4.50. The Bertz CT molecular complexity index is 265. The van der Waals surface area contributed by atoms with E-state index in [1.807, 2.05) is 13.8 Å². The number of allylic oxidation sites excluding steroid dienone is 3. The van der Waals surface area contributed by atoms with Crippen LogP contribution in [0.25, 0.3) is 0 Å². The Morgan fingerprint density at radius 2 is 2.14 bits per heavy atom. The van der Waals surface area contributed by atoms with Crippen molar-refractivity contribution in [1.29, 1.82) is 0 Å². The second-order valence-corrected chi connectivity index (χ2v) is 3.70. The second kappa shape index (κ2) is 3.67. The molecule has 1 aliphatic rings. The molecule has 0 bridgehead atoms. The molecule has 0 aliphatic heterocycles. The average molecular weight is 206 g/mol. The van der Waals surface area contributed by atoms with Gasteiger partial charge in [-0.15, -0.1) is 13.2 Å². The first kappa shape index (κ1) is 11.1. The van der Waals surface area contributed by atoms with Gasteiger partial charge in [-0.2, -0.15) is 0 Å². The highest BCUT2D eigenvalue weighted by Crippen LogP contribution is 2.34. The van der Waals surface area contributed by atoms with Gasteiger partial charge in [-0.3, -0.25) is 0 Å². The third-order valence-electron chi connectivity index (χ3n) is 2.46. The molecule has 1 atom stereocenters. The van der Waals surface area contributed by atoms with Crippen molar-refractivity contribution in [3.05, 3.63) is 24.0 Å². The molecule has 0 heterocycles. The third-order valence-corrected chi connectivity index (χ3v) is 2.46. The fraction of sp³-hybridized carbons (Fsp3) is 0.600. The van der Waals surface area contributed by atoms with Crippen LogP contribution < -0.4 is 0 Å². The van der Waals surface area contributed by atoms with Gasteiger partial charge >= 0.3 is 6.36 Å². The van der Waals surface area contributed by atoms with Crippen LogP contribution in [0.5, 0.6) is 0 Å². The van der Waals surface area contributed by atoms with E-state index in [1.165, 1.54) is 12.2 Å². The molecule has 0 spiro atoms. The van der Waals surface area contributed by atoms with Crippen LogP contribution in [0, 0.1) is 5.41 Å². The Labute approximate surface area is 81.2 Å². The van der Waals surface area contributed by atoms with Gasteiger partial charge in [0, 0.05) is 0 Å². The normalized spacial score (nSPS) is 27.4. The van der Waals surface area contributed by atoms with Gasteiger partial charge < -0.3 is 4.74 Å². The van der Waals surface area contributed by atoms with Crippen molar-refractivity contribution >= 4 is 0 Å². The fourth-order valence-electron chi connectivity index (χ4n) is 1.22. The van der Waals surface area contributed by atoms with Crippen molar-refractivity contribution in [3.8, 4) is 0 Å². The lowest BCUT2D eigenvalue weighted by molar-refractivity contribution is -0.303. The number of hydrogen-bond donors (Lipinski definition) is 0. The molecule has 0 saturated heterocycles. The first-order valence-electron chi connectivity index (χ1n) is 4.50. The van der Waals surface area contributed by atoms with E-state index in [9.17, 15) is 13.2 Å². The van der Waals surface area contributed by atoms with Crippen molar-refractivity contribution in [1.82, 2.24) is 0 Å². The minimum Gasteiger partial charge on any atom is -0.406 e. The summed E-state index contributed by atoms with van der Waals surface area (Å²) in [5, 5.41) is 0. The Hall–Kier alpha value is -0.930. The van der Waals surface area contributed by atoms with Gasteiger partial charge in [0.2, 0.25) is 0 Å². The summed E-state index contributed by atoms with van der Waals surface area (Å²) in [6.07, 6.45) is 1.55. The van der Waals surface area contributed by atoms with Crippen LogP contribution in [0.3, 0.4) is 0 Å². The summed E-state index contributed by atoms with van der Waals surface area (Å²) in [4.78, 5) is 0. The minimum atomic E-state index is -4.59. The summed E-state index contributed by atoms with van der Waals surface area (Å²) < 4.78 is 39.2. The largest absolute Gasteiger partial charge is 0.573 e. The van der Waals surface area contributed by atoms with E-state index in [2.05, 4.69) is 4.74 Å². The molecular formula is C10H13F3O. The van der Waals surface area contributed by atoms with Gasteiger partial charge in [0.1, 0.15) is 5.76 Å². The molecule has 0 amide bonds. The molecule has 0 aromatic carbocycles. The number of halogens is 3. The first-order chi connectivity index (χ1) is 6.35. The zero-order valence-electron chi connectivity index (χ0n) is 8.19. The highest BCUT2D eigenvalue weighted by molar-refractivity contribution is 5.21. The molecule has 0 radical (unpaired) electrons. The molecule has 0 aromatic heterocycles. The van der Waals surface area contributed by atoms with Gasteiger partial charge in [0.25, 0.3) is 0 Å². The smallest absolute Gasteiger partial charge is 0.406 e. The summed E-state index contributed by atoms with van der Waals surface area (Å²) in [6.45, 7) is 4.01. The Balaban J connectivity index is 2.60. The molecule has 1 aliphatic carbocycles. The molecule has 0 aromatic rings. The zero-order valence-corrected chi connectivity index (χ0v) is 8.19. The van der Waals surface area contributed by atoms with Crippen LogP contribution in [0.2, 0.25) is 0 Å². The van der Waals surface area contributed by atoms with E-state index >= 15 is 0 Å². The third kappa shape index (κ3) is 3.09. The molecule has 0 saturated carbocycles. The number of alkyl halides is 3. The predicted octanol–water partition coefficient (Wildman–Crippen LogP) is 3.78. The summed E-state index contributed by atoms with van der Waals surface area (Å²) in [6, 6.07) is 0. The van der Waals surface area contributed by atoms with Crippen LogP contribution in [0.15, 0.2) is 24.0 Å². The summed E-state index contributed by atoms with van der Waals surface area (Å²) in [7, 11) is 0. The lowest BCUT2D eigenvalue weighted by atomic mass is 9.81. The maximum Gasteiger partial charge on any atom is 0.573 e. The minimum absolute atomic E-state index is 0.0293. The van der Waals surface area contributed by atoms with Crippen LogP contribution in [-0.2, 0) is 4.74 Å². The number of ether oxygens (including phenoxy) is 1. The maximum atomic E-state index is 11.8. The summed E-state index contributed by atoms with van der Waals surface area (Å²) in [5.74, 6) is -0.108. The summed E-state index contributed by atoms with van der Waals surface area (Å²) >= 11 is 0. The van der Waals surface area contributed by atoms with Crippen molar-refractivity contribution in [2.75, 3.05) is 0 Å². The van der Waals surface area contributed by atoms with Crippen molar-refractivity contribution < 1.29 is 17.9 Å². The Kier molecular flexibility index (Phi) is 2.92. The van der Waals surface area contributed by atoms with E-state index in [-0.39, 0.29) is 11.2 Å². The molecule has 0 N–H and O–H groups in total. The molecule has 1 nitrogen and oxygen atoms in total.